The number of amides is 1. The summed E-state index contributed by atoms with van der Waals surface area (Å²) >= 11 is 1.34. The first kappa shape index (κ1) is 17.7. The Morgan fingerprint density at radius 1 is 1.22 bits per heavy atom. The largest absolute Gasteiger partial charge is 0.481 e. The SMILES string of the molecule is O=C(NCC1(C(=O)O)CCOCC1)c1csc(-c2ccc3c(c2)OCO3)n1. The highest BCUT2D eigenvalue weighted by Gasteiger charge is 2.40. The highest BCUT2D eigenvalue weighted by atomic mass is 32.1. The lowest BCUT2D eigenvalue weighted by atomic mass is 9.80. The van der Waals surface area contributed by atoms with Crippen LogP contribution in [-0.2, 0) is 9.53 Å². The van der Waals surface area contributed by atoms with Crippen LogP contribution in [0.3, 0.4) is 0 Å². The van der Waals surface area contributed by atoms with Crippen LogP contribution in [0.25, 0.3) is 10.6 Å². The van der Waals surface area contributed by atoms with Gasteiger partial charge in [-0.05, 0) is 31.0 Å². The van der Waals surface area contributed by atoms with E-state index in [0.29, 0.717) is 42.6 Å². The number of carbonyl (C=O) groups excluding carboxylic acids is 1. The van der Waals surface area contributed by atoms with Gasteiger partial charge < -0.3 is 24.6 Å². The topological polar surface area (TPSA) is 107 Å². The molecule has 1 aromatic carbocycles. The summed E-state index contributed by atoms with van der Waals surface area (Å²) in [5, 5.41) is 14.6. The quantitative estimate of drug-likeness (QED) is 0.805. The third kappa shape index (κ3) is 3.47. The Bertz CT molecular complexity index is 874. The molecule has 0 aliphatic carbocycles. The van der Waals surface area contributed by atoms with Crippen LogP contribution in [0.5, 0.6) is 11.5 Å². The Kier molecular flexibility index (Phi) is 4.71. The van der Waals surface area contributed by atoms with Gasteiger partial charge >= 0.3 is 5.97 Å². The second-order valence-electron chi connectivity index (χ2n) is 6.49. The van der Waals surface area contributed by atoms with Gasteiger partial charge in [0.25, 0.3) is 5.91 Å². The number of nitrogens with zero attached hydrogens (tertiary/aromatic N) is 1. The first-order valence-corrected chi connectivity index (χ1v) is 9.40. The van der Waals surface area contributed by atoms with E-state index in [-0.39, 0.29) is 24.9 Å². The molecule has 0 spiro atoms. The van der Waals surface area contributed by atoms with Gasteiger partial charge in [0.15, 0.2) is 11.5 Å². The lowest BCUT2D eigenvalue weighted by Crippen LogP contribution is -2.46. The molecule has 4 rings (SSSR count). The number of benzene rings is 1. The zero-order chi connectivity index (χ0) is 18.9. The van der Waals surface area contributed by atoms with Crippen molar-refractivity contribution in [3.8, 4) is 22.1 Å². The van der Waals surface area contributed by atoms with Gasteiger partial charge in [-0.1, -0.05) is 0 Å². The molecule has 0 saturated carbocycles. The number of rotatable bonds is 5. The number of carboxylic acid groups (broad SMARTS) is 1. The Morgan fingerprint density at radius 2 is 2.00 bits per heavy atom. The fourth-order valence-corrected chi connectivity index (χ4v) is 3.91. The molecule has 142 valence electrons. The van der Waals surface area contributed by atoms with E-state index in [2.05, 4.69) is 10.3 Å². The van der Waals surface area contributed by atoms with Crippen LogP contribution >= 0.6 is 11.3 Å². The van der Waals surface area contributed by atoms with Crippen LogP contribution in [0.15, 0.2) is 23.6 Å². The predicted octanol–water partition coefficient (Wildman–Crippen LogP) is 2.15. The van der Waals surface area contributed by atoms with E-state index < -0.39 is 11.4 Å². The monoisotopic (exact) mass is 390 g/mol. The number of carboxylic acids is 1. The van der Waals surface area contributed by atoms with E-state index in [1.54, 1.807) is 11.4 Å². The van der Waals surface area contributed by atoms with Gasteiger partial charge in [-0.15, -0.1) is 11.3 Å². The minimum Gasteiger partial charge on any atom is -0.481 e. The van der Waals surface area contributed by atoms with Gasteiger partial charge in [-0.3, -0.25) is 9.59 Å². The third-order valence-corrected chi connectivity index (χ3v) is 5.74. The Morgan fingerprint density at radius 3 is 2.78 bits per heavy atom. The van der Waals surface area contributed by atoms with Gasteiger partial charge in [0.05, 0.1) is 5.41 Å². The van der Waals surface area contributed by atoms with Gasteiger partial charge in [0.1, 0.15) is 10.7 Å². The average Bonchev–Trinajstić information content (AvgIpc) is 3.35. The van der Waals surface area contributed by atoms with Crippen molar-refractivity contribution in [2.24, 2.45) is 5.41 Å². The minimum absolute atomic E-state index is 0.0570. The van der Waals surface area contributed by atoms with E-state index in [9.17, 15) is 14.7 Å². The number of aromatic nitrogens is 1. The standard InChI is InChI=1S/C18H18N2O6S/c21-15(19-9-18(17(22)23)3-5-24-6-4-18)12-8-27-16(20-12)11-1-2-13-14(7-11)26-10-25-13/h1-2,7-8H,3-6,9-10H2,(H,19,21)(H,22,23). The van der Waals surface area contributed by atoms with Crippen molar-refractivity contribution in [1.29, 1.82) is 0 Å². The molecule has 1 fully saturated rings. The number of aliphatic carboxylic acids is 1. The number of hydrogen-bond donors (Lipinski definition) is 2. The number of ether oxygens (including phenoxy) is 3. The zero-order valence-corrected chi connectivity index (χ0v) is 15.2. The Hall–Kier alpha value is -2.65. The molecule has 8 nitrogen and oxygen atoms in total. The van der Waals surface area contributed by atoms with Crippen molar-refractivity contribution in [2.45, 2.75) is 12.8 Å². The van der Waals surface area contributed by atoms with Gasteiger partial charge in [-0.25, -0.2) is 4.98 Å². The highest BCUT2D eigenvalue weighted by molar-refractivity contribution is 7.13. The molecule has 0 bridgehead atoms. The lowest BCUT2D eigenvalue weighted by molar-refractivity contribution is -0.154. The van der Waals surface area contributed by atoms with Crippen LogP contribution in [0.1, 0.15) is 23.3 Å². The molecule has 9 heteroatoms. The summed E-state index contributed by atoms with van der Waals surface area (Å²) in [6.07, 6.45) is 0.754. The molecule has 2 aliphatic rings. The molecule has 2 N–H and O–H groups in total. The molecule has 2 aromatic rings. The summed E-state index contributed by atoms with van der Waals surface area (Å²) in [5.74, 6) is 0.0381. The average molecular weight is 390 g/mol. The fourth-order valence-electron chi connectivity index (χ4n) is 3.11. The third-order valence-electron chi connectivity index (χ3n) is 4.85. The molecular formula is C18H18N2O6S. The van der Waals surface area contributed by atoms with Gasteiger partial charge in [0, 0.05) is 30.7 Å². The maximum absolute atomic E-state index is 12.4. The van der Waals surface area contributed by atoms with E-state index in [1.807, 2.05) is 12.1 Å². The van der Waals surface area contributed by atoms with Crippen LogP contribution in [0.2, 0.25) is 0 Å². The molecule has 0 radical (unpaired) electrons. The van der Waals surface area contributed by atoms with Crippen LogP contribution in [0.4, 0.5) is 0 Å². The summed E-state index contributed by atoms with van der Waals surface area (Å²) < 4.78 is 15.9. The van der Waals surface area contributed by atoms with E-state index >= 15 is 0 Å². The molecule has 2 aliphatic heterocycles. The first-order valence-electron chi connectivity index (χ1n) is 8.52. The van der Waals surface area contributed by atoms with Crippen LogP contribution in [-0.4, -0.2) is 48.5 Å². The number of nitrogens with one attached hydrogen (secondary N) is 1. The second-order valence-corrected chi connectivity index (χ2v) is 7.34. The number of hydrogen-bond acceptors (Lipinski definition) is 7. The lowest BCUT2D eigenvalue weighted by Gasteiger charge is -2.32. The summed E-state index contributed by atoms with van der Waals surface area (Å²) in [4.78, 5) is 28.5. The molecule has 0 unspecified atom stereocenters. The Balaban J connectivity index is 1.45. The van der Waals surface area contributed by atoms with Crippen molar-refractivity contribution < 1.29 is 28.9 Å². The maximum atomic E-state index is 12.4. The molecule has 3 heterocycles. The Labute approximate surface area is 159 Å². The molecule has 1 saturated heterocycles. The van der Waals surface area contributed by atoms with Crippen molar-refractivity contribution in [3.05, 3.63) is 29.3 Å². The molecule has 27 heavy (non-hydrogen) atoms. The van der Waals surface area contributed by atoms with Gasteiger partial charge in [-0.2, -0.15) is 0 Å². The molecular weight excluding hydrogens is 372 g/mol. The molecule has 1 amide bonds. The second kappa shape index (κ2) is 7.16. The number of fused-ring (bicyclic) bond motifs is 1. The minimum atomic E-state index is -0.982. The maximum Gasteiger partial charge on any atom is 0.311 e. The highest BCUT2D eigenvalue weighted by Crippen LogP contribution is 2.36. The van der Waals surface area contributed by atoms with E-state index in [4.69, 9.17) is 14.2 Å². The van der Waals surface area contributed by atoms with Crippen molar-refractivity contribution in [2.75, 3.05) is 26.6 Å². The summed E-state index contributed by atoms with van der Waals surface area (Å²) in [6, 6.07) is 5.49. The zero-order valence-electron chi connectivity index (χ0n) is 14.4. The van der Waals surface area contributed by atoms with E-state index in [1.165, 1.54) is 11.3 Å². The summed E-state index contributed by atoms with van der Waals surface area (Å²) in [6.45, 7) is 1.02. The van der Waals surface area contributed by atoms with Crippen LogP contribution in [0, 0.1) is 5.41 Å². The first-order chi connectivity index (χ1) is 13.1. The predicted molar refractivity (Wildman–Crippen MR) is 96.1 cm³/mol. The van der Waals surface area contributed by atoms with Crippen molar-refractivity contribution in [3.63, 3.8) is 0 Å². The van der Waals surface area contributed by atoms with Crippen molar-refractivity contribution >= 4 is 23.2 Å². The number of thiazole rings is 1. The summed E-state index contributed by atoms with van der Waals surface area (Å²) in [5.41, 5.74) is 0.111. The fraction of sp³-hybridized carbons (Fsp3) is 0.389. The van der Waals surface area contributed by atoms with Gasteiger partial charge in [0.2, 0.25) is 6.79 Å². The smallest absolute Gasteiger partial charge is 0.311 e. The van der Waals surface area contributed by atoms with Crippen LogP contribution < -0.4 is 14.8 Å². The van der Waals surface area contributed by atoms with Crippen molar-refractivity contribution in [1.82, 2.24) is 10.3 Å². The summed E-state index contributed by atoms with van der Waals surface area (Å²) in [7, 11) is 0. The number of carbonyl (C=O) groups is 2. The normalized spacial score (nSPS) is 17.5. The molecule has 0 atom stereocenters. The van der Waals surface area contributed by atoms with E-state index in [0.717, 1.165) is 5.56 Å². The molecule has 1 aromatic heterocycles.